The van der Waals surface area contributed by atoms with Crippen molar-refractivity contribution >= 4 is 11.9 Å². The maximum atomic E-state index is 14.2. The number of carbonyl (C=O) groups is 1. The van der Waals surface area contributed by atoms with Crippen LogP contribution in [0.1, 0.15) is 56.0 Å². The Morgan fingerprint density at radius 1 is 1.11 bits per heavy atom. The number of aromatic nitrogens is 2. The number of rotatable bonds is 5. The highest BCUT2D eigenvalue weighted by atomic mass is 19.2. The minimum Gasteiger partial charge on any atom is -0.462 e. The normalized spacial score (nSPS) is 14.4. The van der Waals surface area contributed by atoms with Crippen LogP contribution in [0.5, 0.6) is 0 Å². The van der Waals surface area contributed by atoms with Gasteiger partial charge in [-0.15, -0.1) is 0 Å². The summed E-state index contributed by atoms with van der Waals surface area (Å²) in [6.45, 7) is 5.92. The van der Waals surface area contributed by atoms with Gasteiger partial charge in [0.05, 0.1) is 17.7 Å². The highest BCUT2D eigenvalue weighted by Gasteiger charge is 2.42. The van der Waals surface area contributed by atoms with E-state index in [-0.39, 0.29) is 23.7 Å². The summed E-state index contributed by atoms with van der Waals surface area (Å²) in [6, 6.07) is 1.40. The van der Waals surface area contributed by atoms with Crippen molar-refractivity contribution in [1.82, 2.24) is 9.97 Å². The van der Waals surface area contributed by atoms with Gasteiger partial charge in [0.2, 0.25) is 5.95 Å². The molecule has 1 heterocycles. The summed E-state index contributed by atoms with van der Waals surface area (Å²) in [5, 5.41) is 2.99. The smallest absolute Gasteiger partial charge is 0.341 e. The van der Waals surface area contributed by atoms with Crippen LogP contribution < -0.4 is 5.32 Å². The maximum Gasteiger partial charge on any atom is 0.341 e. The molecule has 146 valence electrons. The van der Waals surface area contributed by atoms with Gasteiger partial charge in [-0.3, -0.25) is 0 Å². The Labute approximate surface area is 156 Å². The Bertz CT molecular complexity index is 794. The first-order chi connectivity index (χ1) is 12.9. The molecule has 1 aromatic carbocycles. The van der Waals surface area contributed by atoms with Crippen molar-refractivity contribution in [3.05, 3.63) is 53.1 Å². The number of hydrogen-bond acceptors (Lipinski definition) is 5. The fourth-order valence-corrected chi connectivity index (χ4v) is 2.81. The molecule has 1 fully saturated rings. The van der Waals surface area contributed by atoms with Crippen molar-refractivity contribution in [3.8, 4) is 0 Å². The lowest BCUT2D eigenvalue weighted by Crippen LogP contribution is -2.43. The lowest BCUT2D eigenvalue weighted by atomic mass is 9.71. The number of nitrogens with zero attached hydrogens (tertiary/aromatic N) is 2. The Hall–Kier alpha value is -2.64. The molecule has 0 aliphatic heterocycles. The third-order valence-electron chi connectivity index (χ3n) is 4.25. The molecule has 2 aromatic rings. The number of halogens is 3. The zero-order valence-corrected chi connectivity index (χ0v) is 15.5. The van der Waals surface area contributed by atoms with E-state index in [1.807, 2.05) is 13.8 Å². The van der Waals surface area contributed by atoms with Gasteiger partial charge < -0.3 is 10.1 Å². The Balaban J connectivity index is 0.00000126. The number of anilines is 1. The van der Waals surface area contributed by atoms with E-state index in [2.05, 4.69) is 15.3 Å². The van der Waals surface area contributed by atoms with Crippen molar-refractivity contribution in [3.63, 3.8) is 0 Å². The molecule has 0 spiro atoms. The maximum absolute atomic E-state index is 14.2. The summed E-state index contributed by atoms with van der Waals surface area (Å²) in [7, 11) is 0. The summed E-state index contributed by atoms with van der Waals surface area (Å²) in [6.07, 6.45) is 4.44. The van der Waals surface area contributed by atoms with Crippen LogP contribution in [0.4, 0.5) is 19.1 Å². The van der Waals surface area contributed by atoms with Crippen LogP contribution in [-0.4, -0.2) is 22.5 Å². The van der Waals surface area contributed by atoms with Crippen molar-refractivity contribution < 1.29 is 22.7 Å². The van der Waals surface area contributed by atoms with Crippen LogP contribution in [0.15, 0.2) is 24.5 Å². The topological polar surface area (TPSA) is 64.1 Å². The minimum atomic E-state index is -1.23. The van der Waals surface area contributed by atoms with E-state index in [1.54, 1.807) is 6.92 Å². The lowest BCUT2D eigenvalue weighted by Gasteiger charge is -2.43. The fourth-order valence-electron chi connectivity index (χ4n) is 2.81. The SMILES string of the molecule is CC.CCOC(=O)c1cnc(NC2(c3cc(F)c(F)cc3F)CCC2)nc1. The van der Waals surface area contributed by atoms with E-state index in [0.29, 0.717) is 18.9 Å². The molecule has 8 heteroatoms. The van der Waals surface area contributed by atoms with Gasteiger partial charge in [0.1, 0.15) is 5.82 Å². The predicted molar refractivity (Wildman–Crippen MR) is 94.8 cm³/mol. The number of nitrogens with one attached hydrogen (secondary N) is 1. The van der Waals surface area contributed by atoms with Crippen LogP contribution in [0.25, 0.3) is 0 Å². The zero-order valence-electron chi connectivity index (χ0n) is 15.5. The molecule has 1 N–H and O–H groups in total. The molecule has 1 aliphatic rings. The molecule has 5 nitrogen and oxygen atoms in total. The number of hydrogen-bond donors (Lipinski definition) is 1. The monoisotopic (exact) mass is 381 g/mol. The van der Waals surface area contributed by atoms with Crippen LogP contribution in [0.3, 0.4) is 0 Å². The van der Waals surface area contributed by atoms with Crippen LogP contribution >= 0.6 is 0 Å². The highest BCUT2D eigenvalue weighted by Crippen LogP contribution is 2.44. The first-order valence-electron chi connectivity index (χ1n) is 8.87. The summed E-state index contributed by atoms with van der Waals surface area (Å²) < 4.78 is 45.7. The zero-order chi connectivity index (χ0) is 20.0. The standard InChI is InChI=1S/C17H16F3N3O2.C2H6/c1-2-25-15(24)10-8-21-16(22-9-10)23-17(4-3-5-17)11-6-13(19)14(20)7-12(11)18;1-2/h6-9H,2-5H2,1H3,(H,21,22,23);1-2H3. The Kier molecular flexibility index (Phi) is 6.76. The molecule has 1 aliphatic carbocycles. The molecule has 0 radical (unpaired) electrons. The number of ether oxygens (including phenoxy) is 1. The average molecular weight is 381 g/mol. The van der Waals surface area contributed by atoms with Gasteiger partial charge in [-0.05, 0) is 32.3 Å². The lowest BCUT2D eigenvalue weighted by molar-refractivity contribution is 0.0525. The van der Waals surface area contributed by atoms with Crippen LogP contribution in [0, 0.1) is 17.5 Å². The average Bonchev–Trinajstić information content (AvgIpc) is 2.64. The molecule has 1 aromatic heterocycles. The second kappa shape index (κ2) is 8.83. The molecule has 3 rings (SSSR count). The minimum absolute atomic E-state index is 0.0377. The number of benzene rings is 1. The number of carbonyl (C=O) groups excluding carboxylic acids is 1. The van der Waals surface area contributed by atoms with Crippen LogP contribution in [0.2, 0.25) is 0 Å². The van der Waals surface area contributed by atoms with E-state index in [0.717, 1.165) is 12.5 Å². The molecular weight excluding hydrogens is 359 g/mol. The molecular formula is C19H22F3N3O2. The molecule has 27 heavy (non-hydrogen) atoms. The highest BCUT2D eigenvalue weighted by molar-refractivity contribution is 5.88. The quantitative estimate of drug-likeness (QED) is 0.606. The Morgan fingerprint density at radius 2 is 1.70 bits per heavy atom. The van der Waals surface area contributed by atoms with Crippen molar-refractivity contribution in [1.29, 1.82) is 0 Å². The van der Waals surface area contributed by atoms with Gasteiger partial charge in [-0.25, -0.2) is 27.9 Å². The summed E-state index contributed by atoms with van der Waals surface area (Å²) in [5.41, 5.74) is -0.672. The van der Waals surface area contributed by atoms with E-state index < -0.39 is 29.0 Å². The van der Waals surface area contributed by atoms with Gasteiger partial charge in [0.25, 0.3) is 0 Å². The first-order valence-corrected chi connectivity index (χ1v) is 8.87. The van der Waals surface area contributed by atoms with Gasteiger partial charge >= 0.3 is 5.97 Å². The van der Waals surface area contributed by atoms with Crippen molar-refractivity contribution in [2.45, 2.75) is 45.6 Å². The second-order valence-corrected chi connectivity index (χ2v) is 5.82. The molecule has 0 saturated heterocycles. The van der Waals surface area contributed by atoms with Gasteiger partial charge in [-0.2, -0.15) is 0 Å². The summed E-state index contributed by atoms with van der Waals surface area (Å²) in [4.78, 5) is 19.7. The van der Waals surface area contributed by atoms with Crippen molar-refractivity contribution in [2.24, 2.45) is 0 Å². The van der Waals surface area contributed by atoms with Gasteiger partial charge in [0.15, 0.2) is 11.6 Å². The third kappa shape index (κ3) is 4.37. The fraction of sp³-hybridized carbons (Fsp3) is 0.421. The molecule has 0 amide bonds. The van der Waals surface area contributed by atoms with E-state index in [9.17, 15) is 18.0 Å². The predicted octanol–water partition coefficient (Wildman–Crippen LogP) is 4.59. The molecule has 1 saturated carbocycles. The van der Waals surface area contributed by atoms with E-state index in [1.165, 1.54) is 12.4 Å². The van der Waals surface area contributed by atoms with Gasteiger partial charge in [0, 0.05) is 24.0 Å². The van der Waals surface area contributed by atoms with E-state index >= 15 is 0 Å². The second-order valence-electron chi connectivity index (χ2n) is 5.82. The first kappa shape index (κ1) is 20.7. The van der Waals surface area contributed by atoms with Gasteiger partial charge in [-0.1, -0.05) is 13.8 Å². The summed E-state index contributed by atoms with van der Waals surface area (Å²) in [5.74, 6) is -3.54. The molecule has 0 atom stereocenters. The third-order valence-corrected chi connectivity index (χ3v) is 4.25. The Morgan fingerprint density at radius 3 is 2.22 bits per heavy atom. The van der Waals surface area contributed by atoms with Crippen LogP contribution in [-0.2, 0) is 10.3 Å². The largest absolute Gasteiger partial charge is 0.462 e. The molecule has 0 bridgehead atoms. The van der Waals surface area contributed by atoms with E-state index in [4.69, 9.17) is 4.74 Å². The van der Waals surface area contributed by atoms with Crippen molar-refractivity contribution in [2.75, 3.05) is 11.9 Å². The summed E-state index contributed by atoms with van der Waals surface area (Å²) >= 11 is 0. The molecule has 0 unspecified atom stereocenters. The number of esters is 1.